The number of nitrogen functional groups attached to an aromatic ring is 1. The van der Waals surface area contributed by atoms with E-state index in [1.807, 2.05) is 12.1 Å². The van der Waals surface area contributed by atoms with Crippen molar-refractivity contribution in [2.45, 2.75) is 30.9 Å². The number of nitrogens with two attached hydrogens (primary N) is 1. The Kier molecular flexibility index (Phi) is 3.74. The molecule has 128 valence electrons. The summed E-state index contributed by atoms with van der Waals surface area (Å²) >= 11 is 1.44. The highest BCUT2D eigenvalue weighted by Gasteiger charge is 2.46. The third-order valence-electron chi connectivity index (χ3n) is 4.59. The number of thiazole rings is 1. The van der Waals surface area contributed by atoms with Gasteiger partial charge in [0.2, 0.25) is 15.9 Å². The molecule has 24 heavy (non-hydrogen) atoms. The Balaban J connectivity index is 1.72. The summed E-state index contributed by atoms with van der Waals surface area (Å²) in [5.41, 5.74) is 6.84. The minimum atomic E-state index is -3.31. The first kappa shape index (κ1) is 15.8. The van der Waals surface area contributed by atoms with Crippen molar-refractivity contribution in [2.75, 3.05) is 18.5 Å². The van der Waals surface area contributed by atoms with Crippen LogP contribution in [0.2, 0.25) is 0 Å². The van der Waals surface area contributed by atoms with Crippen molar-refractivity contribution in [2.24, 2.45) is 0 Å². The molecule has 0 aromatic carbocycles. The number of pyridine rings is 1. The lowest BCUT2D eigenvalue weighted by atomic mass is 9.80. The summed E-state index contributed by atoms with van der Waals surface area (Å²) in [6, 6.07) is 5.37. The van der Waals surface area contributed by atoms with Crippen LogP contribution in [0.3, 0.4) is 0 Å². The molecule has 0 saturated carbocycles. The van der Waals surface area contributed by atoms with Gasteiger partial charge in [0.1, 0.15) is 6.10 Å². The van der Waals surface area contributed by atoms with Gasteiger partial charge in [0.25, 0.3) is 0 Å². The summed E-state index contributed by atoms with van der Waals surface area (Å²) < 4.78 is 32.0. The van der Waals surface area contributed by atoms with Crippen LogP contribution in [-0.2, 0) is 16.4 Å². The number of ether oxygens (including phenoxy) is 1. The van der Waals surface area contributed by atoms with Gasteiger partial charge < -0.3 is 10.5 Å². The molecule has 0 unspecified atom stereocenters. The van der Waals surface area contributed by atoms with E-state index in [2.05, 4.69) is 9.97 Å². The summed E-state index contributed by atoms with van der Waals surface area (Å²) in [6.45, 7) is 0.307. The van der Waals surface area contributed by atoms with E-state index >= 15 is 0 Å². The minimum absolute atomic E-state index is 0.0345. The van der Waals surface area contributed by atoms with E-state index in [1.165, 1.54) is 17.6 Å². The molecule has 7 nitrogen and oxygen atoms in total. The third kappa shape index (κ3) is 2.76. The molecule has 1 aliphatic heterocycles. The molecular weight excluding hydrogens is 348 g/mol. The van der Waals surface area contributed by atoms with Crippen molar-refractivity contribution in [1.29, 1.82) is 0 Å². The van der Waals surface area contributed by atoms with E-state index in [9.17, 15) is 8.42 Å². The molecule has 1 fully saturated rings. The summed E-state index contributed by atoms with van der Waals surface area (Å²) in [5.74, 6) is 0.525. The predicted molar refractivity (Wildman–Crippen MR) is 91.6 cm³/mol. The van der Waals surface area contributed by atoms with Crippen molar-refractivity contribution < 1.29 is 13.2 Å². The average molecular weight is 366 g/mol. The maximum Gasteiger partial charge on any atom is 0.213 e. The first-order valence-corrected chi connectivity index (χ1v) is 10.4. The first-order valence-electron chi connectivity index (χ1n) is 7.71. The van der Waals surface area contributed by atoms with Gasteiger partial charge in [-0.15, -0.1) is 11.3 Å². The molecule has 0 radical (unpaired) electrons. The number of nitrogens with zero attached hydrogens (tertiary/aromatic N) is 3. The summed E-state index contributed by atoms with van der Waals surface area (Å²) in [6.07, 6.45) is 3.95. The maximum absolute atomic E-state index is 12.2. The fraction of sp³-hybridized carbons (Fsp3) is 0.467. The molecule has 3 atom stereocenters. The number of piperidine rings is 1. The Bertz CT molecular complexity index is 853. The van der Waals surface area contributed by atoms with Crippen molar-refractivity contribution in [3.8, 4) is 5.88 Å². The van der Waals surface area contributed by atoms with Crippen LogP contribution in [0.25, 0.3) is 0 Å². The Labute approximate surface area is 144 Å². The van der Waals surface area contributed by atoms with Crippen LogP contribution >= 0.6 is 11.3 Å². The van der Waals surface area contributed by atoms with E-state index in [0.717, 1.165) is 10.6 Å². The molecule has 9 heteroatoms. The standard InChI is InChI=1S/C15H18N4O3S2/c1-24(20,21)19-8-11(22-13-4-2-3-5-17-13)10-6-9(19)7-12-14(10)18-15(16)23-12/h2-5,9-11H,6-8H2,1H3,(H2,16,18)/t9-,10-,11-/m0/s1. The Morgan fingerprint density at radius 3 is 2.96 bits per heavy atom. The van der Waals surface area contributed by atoms with Crippen LogP contribution in [0.15, 0.2) is 24.4 Å². The molecule has 1 saturated heterocycles. The molecule has 2 N–H and O–H groups in total. The SMILES string of the molecule is CS(=O)(=O)N1C[C@H](Oc2ccccn2)[C@@H]2C[C@H]1Cc1sc(N)nc12. The molecule has 4 rings (SSSR count). The van der Waals surface area contributed by atoms with Gasteiger partial charge in [0.05, 0.1) is 18.5 Å². The van der Waals surface area contributed by atoms with Crippen molar-refractivity contribution in [3.63, 3.8) is 0 Å². The normalized spacial score (nSPS) is 26.8. The lowest BCUT2D eigenvalue weighted by Crippen LogP contribution is -2.55. The van der Waals surface area contributed by atoms with Gasteiger partial charge in [0, 0.05) is 35.5 Å². The number of aromatic nitrogens is 2. The highest BCUT2D eigenvalue weighted by molar-refractivity contribution is 7.88. The smallest absolute Gasteiger partial charge is 0.213 e. The van der Waals surface area contributed by atoms with Crippen molar-refractivity contribution in [1.82, 2.24) is 14.3 Å². The minimum Gasteiger partial charge on any atom is -0.472 e. The average Bonchev–Trinajstić information content (AvgIpc) is 2.90. The van der Waals surface area contributed by atoms with Crippen LogP contribution in [0, 0.1) is 0 Å². The van der Waals surface area contributed by atoms with E-state index in [4.69, 9.17) is 10.5 Å². The van der Waals surface area contributed by atoms with Crippen LogP contribution < -0.4 is 10.5 Å². The lowest BCUT2D eigenvalue weighted by molar-refractivity contribution is 0.0664. The molecule has 2 aromatic heterocycles. The summed E-state index contributed by atoms with van der Waals surface area (Å²) in [4.78, 5) is 9.74. The van der Waals surface area contributed by atoms with Gasteiger partial charge in [-0.25, -0.2) is 18.4 Å². The van der Waals surface area contributed by atoms with Crippen LogP contribution in [0.4, 0.5) is 5.13 Å². The van der Waals surface area contributed by atoms with E-state index < -0.39 is 10.0 Å². The molecule has 2 bridgehead atoms. The molecule has 0 amide bonds. The Morgan fingerprint density at radius 1 is 1.42 bits per heavy atom. The van der Waals surface area contributed by atoms with Gasteiger partial charge in [-0.3, -0.25) is 0 Å². The van der Waals surface area contributed by atoms with Crippen LogP contribution in [-0.4, -0.2) is 47.6 Å². The molecule has 1 aliphatic carbocycles. The topological polar surface area (TPSA) is 98.4 Å². The fourth-order valence-corrected chi connectivity index (χ4v) is 5.71. The number of sulfonamides is 1. The Morgan fingerprint density at radius 2 is 2.25 bits per heavy atom. The van der Waals surface area contributed by atoms with Gasteiger partial charge in [-0.1, -0.05) is 6.07 Å². The van der Waals surface area contributed by atoms with E-state index in [0.29, 0.717) is 30.4 Å². The highest BCUT2D eigenvalue weighted by Crippen LogP contribution is 2.44. The number of hydrogen-bond acceptors (Lipinski definition) is 7. The fourth-order valence-electron chi connectivity index (χ4n) is 3.62. The van der Waals surface area contributed by atoms with Crippen LogP contribution in [0.5, 0.6) is 5.88 Å². The van der Waals surface area contributed by atoms with E-state index in [1.54, 1.807) is 16.6 Å². The maximum atomic E-state index is 12.2. The van der Waals surface area contributed by atoms with Gasteiger partial charge >= 0.3 is 0 Å². The molecule has 2 aromatic rings. The molecular formula is C15H18N4O3S2. The second kappa shape index (κ2) is 5.68. The second-order valence-electron chi connectivity index (χ2n) is 6.22. The van der Waals surface area contributed by atoms with Crippen molar-refractivity contribution >= 4 is 26.5 Å². The quantitative estimate of drug-likeness (QED) is 0.878. The molecule has 0 spiro atoms. The second-order valence-corrected chi connectivity index (χ2v) is 9.27. The molecule has 3 heterocycles. The predicted octanol–water partition coefficient (Wildman–Crippen LogP) is 1.24. The van der Waals surface area contributed by atoms with Crippen molar-refractivity contribution in [3.05, 3.63) is 35.0 Å². The lowest BCUT2D eigenvalue weighted by Gasteiger charge is -2.44. The zero-order chi connectivity index (χ0) is 16.9. The first-order chi connectivity index (χ1) is 11.4. The highest BCUT2D eigenvalue weighted by atomic mass is 32.2. The van der Waals surface area contributed by atoms with Crippen LogP contribution in [0.1, 0.15) is 22.9 Å². The number of anilines is 1. The third-order valence-corrected chi connectivity index (χ3v) is 6.82. The zero-order valence-corrected chi connectivity index (χ0v) is 14.8. The van der Waals surface area contributed by atoms with Gasteiger partial charge in [-0.05, 0) is 12.5 Å². The summed E-state index contributed by atoms with van der Waals surface area (Å²) in [5, 5.41) is 0.523. The largest absolute Gasteiger partial charge is 0.472 e. The number of hydrogen-bond donors (Lipinski definition) is 1. The Hall–Kier alpha value is -1.71. The summed E-state index contributed by atoms with van der Waals surface area (Å²) in [7, 11) is -3.31. The van der Waals surface area contributed by atoms with Gasteiger partial charge in [-0.2, -0.15) is 4.31 Å². The molecule has 2 aliphatic rings. The van der Waals surface area contributed by atoms with Gasteiger partial charge in [0.15, 0.2) is 5.13 Å². The monoisotopic (exact) mass is 366 g/mol. The number of fused-ring (bicyclic) bond motifs is 4. The van der Waals surface area contributed by atoms with E-state index in [-0.39, 0.29) is 18.1 Å². The number of rotatable bonds is 3. The zero-order valence-electron chi connectivity index (χ0n) is 13.1.